The van der Waals surface area contributed by atoms with Gasteiger partial charge in [0.15, 0.2) is 0 Å². The Kier molecular flexibility index (Phi) is 10.8. The number of hydrogen-bond acceptors (Lipinski definition) is 0. The van der Waals surface area contributed by atoms with Crippen LogP contribution in [-0.2, 0) is 38.9 Å². The van der Waals surface area contributed by atoms with E-state index in [4.69, 9.17) is 0 Å². The van der Waals surface area contributed by atoms with Crippen LogP contribution >= 0.6 is 0 Å². The van der Waals surface area contributed by atoms with Crippen molar-refractivity contribution in [2.75, 3.05) is 0 Å². The summed E-state index contributed by atoms with van der Waals surface area (Å²) >= 11 is -5.42. The molecule has 0 fully saturated rings. The fourth-order valence-electron chi connectivity index (χ4n) is 8.56. The van der Waals surface area contributed by atoms with Crippen LogP contribution in [0.15, 0.2) is 177 Å². The SMILES string of the molecule is C[Si](C)(C)[Zr]([CH3])([C]1=CC=CC1)[C]1=CC=CC1.[CH3][Zr]([C]1=CC=CC1)([C]1=CC=CC1)[Si](c1ccccc1)(c1ccccc1)c1ccccc1. The van der Waals surface area contributed by atoms with Crippen LogP contribution in [0.4, 0.5) is 0 Å². The summed E-state index contributed by atoms with van der Waals surface area (Å²) in [6.45, 7) is 7.75. The van der Waals surface area contributed by atoms with Crippen LogP contribution < -0.4 is 15.6 Å². The van der Waals surface area contributed by atoms with E-state index in [9.17, 15) is 0 Å². The van der Waals surface area contributed by atoms with Crippen molar-refractivity contribution in [1.29, 1.82) is 0 Å². The van der Waals surface area contributed by atoms with Gasteiger partial charge < -0.3 is 0 Å². The molecule has 0 aliphatic heterocycles. The quantitative estimate of drug-likeness (QED) is 0.149. The number of allylic oxidation sites excluding steroid dienone is 16. The summed E-state index contributed by atoms with van der Waals surface area (Å²) in [4.78, 5) is 0. The van der Waals surface area contributed by atoms with Crippen molar-refractivity contribution in [1.82, 2.24) is 0 Å². The van der Waals surface area contributed by atoms with E-state index >= 15 is 0 Å². The molecule has 0 saturated carbocycles. The topological polar surface area (TPSA) is 0 Å². The second kappa shape index (κ2) is 14.7. The summed E-state index contributed by atoms with van der Waals surface area (Å²) < 4.78 is 12.6. The van der Waals surface area contributed by atoms with Gasteiger partial charge in [0.1, 0.15) is 0 Å². The molecule has 0 radical (unpaired) electrons. The van der Waals surface area contributed by atoms with E-state index in [1.807, 2.05) is 6.56 Å². The zero-order valence-corrected chi connectivity index (χ0v) is 35.8. The standard InChI is InChI=1S/C18H15Si.4C5H5.C3H9Si.2CH3.2Zr/c1-4-10-16(11-5-1)19(17-12-6-2-7-13-17)18-14-8-3-9-15-18;4*1-2-4-5-3-1;1-4(2)3;;;;/h1-15H;4*1-3H,4H2;1-3H3;2*1H3;;. The van der Waals surface area contributed by atoms with Crippen LogP contribution in [0, 0.1) is 0 Å². The minimum atomic E-state index is -3.21. The number of benzene rings is 3. The van der Waals surface area contributed by atoms with Crippen molar-refractivity contribution < 1.29 is 38.9 Å². The van der Waals surface area contributed by atoms with Crippen LogP contribution in [-0.4, -0.2) is 10.4 Å². The van der Waals surface area contributed by atoms with E-state index in [2.05, 4.69) is 193 Å². The Balaban J connectivity index is 0.000000203. The number of rotatable bonds is 9. The molecule has 0 unspecified atom stereocenters. The molecule has 0 heterocycles. The molecule has 0 spiro atoms. The van der Waals surface area contributed by atoms with Crippen molar-refractivity contribution in [3.05, 3.63) is 177 Å². The summed E-state index contributed by atoms with van der Waals surface area (Å²) in [7, 11) is 0. The van der Waals surface area contributed by atoms with E-state index in [-0.39, 0.29) is 0 Å². The van der Waals surface area contributed by atoms with E-state index in [0.29, 0.717) is 0 Å². The summed E-state index contributed by atoms with van der Waals surface area (Å²) in [5.74, 6) is 0. The minimum absolute atomic E-state index is 1.05. The van der Waals surface area contributed by atoms with E-state index < -0.39 is 49.3 Å². The Labute approximate surface area is 293 Å². The van der Waals surface area contributed by atoms with Gasteiger partial charge in [-0.25, -0.2) is 0 Å². The molecule has 47 heavy (non-hydrogen) atoms. The fourth-order valence-corrected chi connectivity index (χ4v) is 69.8. The summed E-state index contributed by atoms with van der Waals surface area (Å²) in [5.41, 5.74) is 0. The normalized spacial score (nSPS) is 17.3. The van der Waals surface area contributed by atoms with Gasteiger partial charge in [0.25, 0.3) is 0 Å². The Hall–Kier alpha value is -2.22. The van der Waals surface area contributed by atoms with Gasteiger partial charge in [-0.05, 0) is 0 Å². The first-order valence-electron chi connectivity index (χ1n) is 17.4. The van der Waals surface area contributed by atoms with Crippen molar-refractivity contribution in [2.45, 2.75) is 54.6 Å². The summed E-state index contributed by atoms with van der Waals surface area (Å²) in [5, 5.41) is 1.32. The molecule has 0 atom stereocenters. The fraction of sp³-hybridized carbons (Fsp3) is 0.209. The van der Waals surface area contributed by atoms with E-state index in [1.54, 1.807) is 22.1 Å². The molecule has 0 nitrogen and oxygen atoms in total. The molecule has 0 N–H and O–H groups in total. The average molecular weight is 805 g/mol. The number of hydrogen-bond donors (Lipinski definition) is 0. The van der Waals surface area contributed by atoms with Gasteiger partial charge in [0.2, 0.25) is 0 Å². The van der Waals surface area contributed by atoms with Crippen molar-refractivity contribution in [3.8, 4) is 0 Å². The molecule has 238 valence electrons. The van der Waals surface area contributed by atoms with Crippen molar-refractivity contribution in [3.63, 3.8) is 0 Å². The molecule has 4 aliphatic rings. The first-order valence-corrected chi connectivity index (χ1v) is 40.1. The second-order valence-electron chi connectivity index (χ2n) is 14.6. The van der Waals surface area contributed by atoms with Crippen LogP contribution in [0.5, 0.6) is 0 Å². The van der Waals surface area contributed by atoms with Gasteiger partial charge in [-0.2, -0.15) is 0 Å². The Bertz CT molecular complexity index is 1660. The third-order valence-corrected chi connectivity index (χ3v) is 83.1. The van der Waals surface area contributed by atoms with Crippen LogP contribution in [0.2, 0.25) is 28.9 Å². The molecule has 4 heteroatoms. The monoisotopic (exact) mass is 802 g/mol. The summed E-state index contributed by atoms with van der Waals surface area (Å²) in [6.07, 6.45) is 33.1. The van der Waals surface area contributed by atoms with E-state index in [1.165, 1.54) is 12.8 Å². The molecule has 4 aliphatic carbocycles. The maximum atomic E-state index is 2.74. The molecular formula is C43H50Si2Zr2. The molecule has 0 bridgehead atoms. The van der Waals surface area contributed by atoms with Gasteiger partial charge >= 0.3 is 296 Å². The molecular weight excluding hydrogens is 755 g/mol. The average Bonchev–Trinajstić information content (AvgIpc) is 3.95. The molecule has 0 aromatic heterocycles. The molecule has 7 rings (SSSR count). The van der Waals surface area contributed by atoms with Gasteiger partial charge in [0.05, 0.1) is 0 Å². The Morgan fingerprint density at radius 3 is 0.915 bits per heavy atom. The zero-order chi connectivity index (χ0) is 33.0. The van der Waals surface area contributed by atoms with Crippen LogP contribution in [0.3, 0.4) is 0 Å². The van der Waals surface area contributed by atoms with Crippen LogP contribution in [0.1, 0.15) is 25.7 Å². The third kappa shape index (κ3) is 6.34. The maximum absolute atomic E-state index is 3.21. The third-order valence-electron chi connectivity index (χ3n) is 11.5. The molecule has 0 amide bonds. The van der Waals surface area contributed by atoms with Gasteiger partial charge in [0, 0.05) is 0 Å². The predicted molar refractivity (Wildman–Crippen MR) is 206 cm³/mol. The van der Waals surface area contributed by atoms with Crippen molar-refractivity contribution in [2.24, 2.45) is 0 Å². The second-order valence-corrected chi connectivity index (χ2v) is 68.2. The Morgan fingerprint density at radius 2 is 0.681 bits per heavy atom. The van der Waals surface area contributed by atoms with E-state index in [0.717, 1.165) is 12.8 Å². The zero-order valence-electron chi connectivity index (χ0n) is 28.9. The van der Waals surface area contributed by atoms with Crippen molar-refractivity contribution >= 4 is 26.0 Å². The van der Waals surface area contributed by atoms with Gasteiger partial charge in [-0.15, -0.1) is 0 Å². The predicted octanol–water partition coefficient (Wildman–Crippen LogP) is 10.3. The van der Waals surface area contributed by atoms with Gasteiger partial charge in [-0.1, -0.05) is 0 Å². The molecule has 0 saturated heterocycles. The Morgan fingerprint density at radius 1 is 0.404 bits per heavy atom. The molecule has 3 aromatic rings. The van der Waals surface area contributed by atoms with Crippen LogP contribution in [0.25, 0.3) is 0 Å². The first kappa shape index (κ1) is 34.6. The van der Waals surface area contributed by atoms with Gasteiger partial charge in [-0.3, -0.25) is 0 Å². The summed E-state index contributed by atoms with van der Waals surface area (Å²) in [6, 6.07) is 34.5. The molecule has 3 aromatic carbocycles. The first-order chi connectivity index (χ1) is 22.7.